The molecule has 0 saturated carbocycles. The smallest absolute Gasteiger partial charge is 0.264 e. The second kappa shape index (κ2) is 8.79. The second-order valence-electron chi connectivity index (χ2n) is 8.40. The monoisotopic (exact) mass is 448 g/mol. The Morgan fingerprint density at radius 1 is 1.00 bits per heavy atom. The van der Waals surface area contributed by atoms with E-state index in [2.05, 4.69) is 17.4 Å². The third-order valence-electron chi connectivity index (χ3n) is 6.15. The van der Waals surface area contributed by atoms with Crippen LogP contribution >= 0.6 is 0 Å². The van der Waals surface area contributed by atoms with Crippen molar-refractivity contribution in [2.24, 2.45) is 0 Å². The molecule has 1 aliphatic carbocycles. The van der Waals surface area contributed by atoms with Gasteiger partial charge in [-0.25, -0.2) is 8.42 Å². The molecule has 1 aliphatic rings. The molecule has 0 unspecified atom stereocenters. The molecule has 5 nitrogen and oxygen atoms in total. The third kappa shape index (κ3) is 4.28. The number of sulfonamides is 1. The molecule has 1 atom stereocenters. The number of hydrogen-bond acceptors (Lipinski definition) is 3. The first-order valence-electron chi connectivity index (χ1n) is 10.8. The van der Waals surface area contributed by atoms with Gasteiger partial charge in [0.15, 0.2) is 0 Å². The maximum atomic E-state index is 13.0. The minimum atomic E-state index is -3.69. The van der Waals surface area contributed by atoms with Crippen molar-refractivity contribution in [3.05, 3.63) is 94.5 Å². The zero-order valence-corrected chi connectivity index (χ0v) is 19.4. The summed E-state index contributed by atoms with van der Waals surface area (Å²) < 4.78 is 27.4. The molecule has 0 saturated heterocycles. The largest absolute Gasteiger partial charge is 0.345 e. The Labute approximate surface area is 190 Å². The summed E-state index contributed by atoms with van der Waals surface area (Å²) in [7, 11) is -2.15. The van der Waals surface area contributed by atoms with Gasteiger partial charge in [-0.1, -0.05) is 42.0 Å². The lowest BCUT2D eigenvalue weighted by molar-refractivity contribution is 0.0932. The molecule has 32 heavy (non-hydrogen) atoms. The van der Waals surface area contributed by atoms with Crippen molar-refractivity contribution in [2.45, 2.75) is 44.0 Å². The van der Waals surface area contributed by atoms with E-state index in [9.17, 15) is 13.2 Å². The lowest BCUT2D eigenvalue weighted by atomic mass is 9.87. The lowest BCUT2D eigenvalue weighted by Crippen LogP contribution is -2.31. The van der Waals surface area contributed by atoms with Gasteiger partial charge in [0, 0.05) is 12.6 Å². The number of nitrogens with one attached hydrogen (secondary N) is 1. The van der Waals surface area contributed by atoms with Crippen LogP contribution in [0.1, 0.15) is 51.5 Å². The fraction of sp³-hybridized carbons (Fsp3) is 0.269. The number of hydrogen-bond donors (Lipinski definition) is 1. The summed E-state index contributed by atoms with van der Waals surface area (Å²) in [4.78, 5) is 13.2. The Balaban J connectivity index is 1.54. The van der Waals surface area contributed by atoms with E-state index in [1.54, 1.807) is 42.5 Å². The first-order valence-corrected chi connectivity index (χ1v) is 12.3. The average molecular weight is 449 g/mol. The van der Waals surface area contributed by atoms with E-state index in [1.165, 1.54) is 22.5 Å². The average Bonchev–Trinajstić information content (AvgIpc) is 2.79. The number of anilines is 1. The molecule has 1 N–H and O–H groups in total. The van der Waals surface area contributed by atoms with E-state index in [0.717, 1.165) is 30.4 Å². The number of amides is 1. The van der Waals surface area contributed by atoms with Gasteiger partial charge in [0.1, 0.15) is 0 Å². The Morgan fingerprint density at radius 2 is 1.72 bits per heavy atom. The molecule has 1 amide bonds. The van der Waals surface area contributed by atoms with E-state index in [4.69, 9.17) is 0 Å². The first-order chi connectivity index (χ1) is 15.3. The molecule has 0 fully saturated rings. The van der Waals surface area contributed by atoms with Crippen LogP contribution in [0.5, 0.6) is 0 Å². The van der Waals surface area contributed by atoms with Gasteiger partial charge < -0.3 is 5.32 Å². The molecule has 0 aliphatic heterocycles. The molecule has 4 rings (SSSR count). The normalized spacial score (nSPS) is 15.7. The number of benzene rings is 3. The van der Waals surface area contributed by atoms with Crippen LogP contribution in [0.2, 0.25) is 0 Å². The predicted molar refractivity (Wildman–Crippen MR) is 128 cm³/mol. The highest BCUT2D eigenvalue weighted by molar-refractivity contribution is 7.92. The quantitative estimate of drug-likeness (QED) is 0.601. The van der Waals surface area contributed by atoms with Gasteiger partial charge in [0.25, 0.3) is 15.9 Å². The van der Waals surface area contributed by atoms with Gasteiger partial charge in [-0.15, -0.1) is 0 Å². The van der Waals surface area contributed by atoms with Crippen molar-refractivity contribution in [3.8, 4) is 0 Å². The lowest BCUT2D eigenvalue weighted by Gasteiger charge is -2.26. The molecule has 0 spiro atoms. The SMILES string of the molecule is Cc1ccc(S(=O)(=O)N(C)c2ccc(C(=O)N[C@H]3CCCc4ccccc43)cc2C)cc1. The number of aryl methyl sites for hydroxylation is 3. The Bertz CT molecular complexity index is 1250. The Hall–Kier alpha value is -3.12. The van der Waals surface area contributed by atoms with Crippen molar-refractivity contribution in [3.63, 3.8) is 0 Å². The van der Waals surface area contributed by atoms with Gasteiger partial charge in [0.05, 0.1) is 16.6 Å². The van der Waals surface area contributed by atoms with Gasteiger partial charge in [0.2, 0.25) is 0 Å². The van der Waals surface area contributed by atoms with Gasteiger partial charge in [-0.05, 0) is 80.1 Å². The van der Waals surface area contributed by atoms with E-state index < -0.39 is 10.0 Å². The van der Waals surface area contributed by atoms with Crippen molar-refractivity contribution >= 4 is 21.6 Å². The zero-order valence-electron chi connectivity index (χ0n) is 18.6. The van der Waals surface area contributed by atoms with Crippen LogP contribution in [-0.4, -0.2) is 21.4 Å². The van der Waals surface area contributed by atoms with Crippen molar-refractivity contribution in [1.29, 1.82) is 0 Å². The highest BCUT2D eigenvalue weighted by Gasteiger charge is 2.24. The summed E-state index contributed by atoms with van der Waals surface area (Å²) in [6.45, 7) is 3.74. The summed E-state index contributed by atoms with van der Waals surface area (Å²) in [6.07, 6.45) is 3.00. The van der Waals surface area contributed by atoms with Crippen LogP contribution < -0.4 is 9.62 Å². The van der Waals surface area contributed by atoms with Crippen LogP contribution in [0.4, 0.5) is 5.69 Å². The molecule has 3 aromatic rings. The van der Waals surface area contributed by atoms with E-state index >= 15 is 0 Å². The highest BCUT2D eigenvalue weighted by atomic mass is 32.2. The van der Waals surface area contributed by atoms with E-state index in [0.29, 0.717) is 11.3 Å². The molecular weight excluding hydrogens is 420 g/mol. The van der Waals surface area contributed by atoms with Crippen molar-refractivity contribution < 1.29 is 13.2 Å². The summed E-state index contributed by atoms with van der Waals surface area (Å²) in [6, 6.07) is 20.2. The molecular formula is C26H28N2O3S. The third-order valence-corrected chi connectivity index (χ3v) is 7.94. The van der Waals surface area contributed by atoms with Gasteiger partial charge in [-0.3, -0.25) is 9.10 Å². The fourth-order valence-corrected chi connectivity index (χ4v) is 5.55. The molecule has 6 heteroatoms. The van der Waals surface area contributed by atoms with Crippen molar-refractivity contribution in [2.75, 3.05) is 11.4 Å². The molecule has 0 radical (unpaired) electrons. The Kier molecular flexibility index (Phi) is 6.07. The van der Waals surface area contributed by atoms with Crippen LogP contribution in [0.25, 0.3) is 0 Å². The molecule has 0 heterocycles. The standard InChI is InChI=1S/C26H28N2O3S/c1-18-11-14-22(15-12-18)32(30,31)28(3)25-16-13-21(17-19(25)2)26(29)27-24-10-6-8-20-7-4-5-9-23(20)24/h4-5,7,9,11-17,24H,6,8,10H2,1-3H3,(H,27,29)/t24-/m0/s1. The summed E-state index contributed by atoms with van der Waals surface area (Å²) in [5.41, 5.74) is 5.27. The number of fused-ring (bicyclic) bond motifs is 1. The molecule has 0 bridgehead atoms. The number of carbonyl (C=O) groups excluding carboxylic acids is 1. The van der Waals surface area contributed by atoms with Crippen LogP contribution in [-0.2, 0) is 16.4 Å². The second-order valence-corrected chi connectivity index (χ2v) is 10.4. The first kappa shape index (κ1) is 22.1. The number of rotatable bonds is 5. The van der Waals surface area contributed by atoms with Gasteiger partial charge >= 0.3 is 0 Å². The fourth-order valence-electron chi connectivity index (χ4n) is 4.29. The predicted octanol–water partition coefficient (Wildman–Crippen LogP) is 4.94. The summed E-state index contributed by atoms with van der Waals surface area (Å²) in [5, 5.41) is 3.16. The van der Waals surface area contributed by atoms with E-state index in [-0.39, 0.29) is 16.8 Å². The van der Waals surface area contributed by atoms with E-state index in [1.807, 2.05) is 26.0 Å². The number of carbonyl (C=O) groups is 1. The van der Waals surface area contributed by atoms with Crippen molar-refractivity contribution in [1.82, 2.24) is 5.32 Å². The minimum absolute atomic E-state index is 0.00276. The number of nitrogens with zero attached hydrogens (tertiary/aromatic N) is 1. The summed E-state index contributed by atoms with van der Waals surface area (Å²) in [5.74, 6) is -0.148. The molecule has 166 valence electrons. The molecule has 0 aromatic heterocycles. The topological polar surface area (TPSA) is 66.5 Å². The van der Waals surface area contributed by atoms with Crippen LogP contribution in [0.3, 0.4) is 0 Å². The van der Waals surface area contributed by atoms with Crippen LogP contribution in [0, 0.1) is 13.8 Å². The highest BCUT2D eigenvalue weighted by Crippen LogP contribution is 2.30. The van der Waals surface area contributed by atoms with Crippen LogP contribution in [0.15, 0.2) is 71.6 Å². The maximum Gasteiger partial charge on any atom is 0.264 e. The summed E-state index contributed by atoms with van der Waals surface area (Å²) >= 11 is 0. The maximum absolute atomic E-state index is 13.0. The molecule has 3 aromatic carbocycles. The Morgan fingerprint density at radius 3 is 2.44 bits per heavy atom. The minimum Gasteiger partial charge on any atom is -0.345 e. The zero-order chi connectivity index (χ0) is 22.9. The van der Waals surface area contributed by atoms with Gasteiger partial charge in [-0.2, -0.15) is 0 Å².